The molecular weight excluding hydrogens is 487 g/mol. The Morgan fingerprint density at radius 3 is 2.39 bits per heavy atom. The van der Waals surface area contributed by atoms with Crippen LogP contribution in [0.15, 0.2) is 41.4 Å². The molecule has 1 aromatic rings. The van der Waals surface area contributed by atoms with Gasteiger partial charge in [0.15, 0.2) is 5.96 Å². The largest absolute Gasteiger partial charge is 0.356 e. The standard InChI is InChI=1S/C20H30N4O2S.HI/c1-21-20(22-16-17-8-14-24(15-9-17)27(2,25)26)23-12-10-19(11-13-23)18-6-4-3-5-7-18;/h3-7,10,17H,8-9,11-16H2,1-2H3,(H,21,22);1H. The Balaban J connectivity index is 0.00000280. The van der Waals surface area contributed by atoms with Crippen molar-refractivity contribution in [2.75, 3.05) is 46.0 Å². The molecule has 0 amide bonds. The molecule has 3 rings (SSSR count). The molecule has 1 saturated heterocycles. The van der Waals surface area contributed by atoms with E-state index in [1.54, 1.807) is 4.31 Å². The molecule has 0 unspecified atom stereocenters. The molecule has 0 atom stereocenters. The van der Waals surface area contributed by atoms with Crippen LogP contribution in [0.3, 0.4) is 0 Å². The molecule has 0 saturated carbocycles. The molecule has 1 aromatic carbocycles. The van der Waals surface area contributed by atoms with E-state index in [0.717, 1.165) is 44.9 Å². The number of hydrogen-bond donors (Lipinski definition) is 1. The number of nitrogens with zero attached hydrogens (tertiary/aromatic N) is 3. The lowest BCUT2D eigenvalue weighted by Crippen LogP contribution is -2.46. The van der Waals surface area contributed by atoms with E-state index < -0.39 is 10.0 Å². The van der Waals surface area contributed by atoms with Crippen molar-refractivity contribution < 1.29 is 8.42 Å². The van der Waals surface area contributed by atoms with Gasteiger partial charge in [0.1, 0.15) is 0 Å². The lowest BCUT2D eigenvalue weighted by Gasteiger charge is -2.33. The Labute approximate surface area is 186 Å². The lowest BCUT2D eigenvalue weighted by atomic mass is 9.98. The van der Waals surface area contributed by atoms with Gasteiger partial charge in [-0.2, -0.15) is 0 Å². The van der Waals surface area contributed by atoms with Crippen LogP contribution in [0.1, 0.15) is 24.8 Å². The summed E-state index contributed by atoms with van der Waals surface area (Å²) in [4.78, 5) is 6.72. The van der Waals surface area contributed by atoms with Crippen LogP contribution in [0.5, 0.6) is 0 Å². The van der Waals surface area contributed by atoms with Crippen molar-refractivity contribution in [1.82, 2.24) is 14.5 Å². The molecule has 1 N–H and O–H groups in total. The van der Waals surface area contributed by atoms with Gasteiger partial charge in [0.25, 0.3) is 0 Å². The number of halogens is 1. The van der Waals surface area contributed by atoms with Crippen molar-refractivity contribution >= 4 is 45.5 Å². The first-order valence-corrected chi connectivity index (χ1v) is 11.5. The van der Waals surface area contributed by atoms with Gasteiger partial charge in [0, 0.05) is 39.8 Å². The summed E-state index contributed by atoms with van der Waals surface area (Å²) in [6, 6.07) is 10.5. The second kappa shape index (κ2) is 10.6. The minimum atomic E-state index is -3.06. The van der Waals surface area contributed by atoms with Crippen molar-refractivity contribution in [2.45, 2.75) is 19.3 Å². The highest BCUT2D eigenvalue weighted by molar-refractivity contribution is 14.0. The van der Waals surface area contributed by atoms with E-state index in [0.29, 0.717) is 19.0 Å². The van der Waals surface area contributed by atoms with Gasteiger partial charge in [-0.1, -0.05) is 36.4 Å². The van der Waals surface area contributed by atoms with Crippen molar-refractivity contribution in [2.24, 2.45) is 10.9 Å². The Bertz CT molecular complexity index is 788. The monoisotopic (exact) mass is 518 g/mol. The number of guanidine groups is 1. The lowest BCUT2D eigenvalue weighted by molar-refractivity contribution is 0.273. The van der Waals surface area contributed by atoms with E-state index in [1.807, 2.05) is 13.1 Å². The Kier molecular flexibility index (Phi) is 8.76. The molecule has 2 aliphatic heterocycles. The van der Waals surface area contributed by atoms with E-state index in [1.165, 1.54) is 17.4 Å². The zero-order chi connectivity index (χ0) is 19.3. The molecule has 8 heteroatoms. The van der Waals surface area contributed by atoms with E-state index in [9.17, 15) is 8.42 Å². The summed E-state index contributed by atoms with van der Waals surface area (Å²) in [6.45, 7) is 3.90. The zero-order valence-corrected chi connectivity index (χ0v) is 19.8. The van der Waals surface area contributed by atoms with Gasteiger partial charge in [0.2, 0.25) is 10.0 Å². The number of hydrogen-bond acceptors (Lipinski definition) is 3. The van der Waals surface area contributed by atoms with Crippen LogP contribution >= 0.6 is 24.0 Å². The second-order valence-corrected chi connectivity index (χ2v) is 9.31. The summed E-state index contributed by atoms with van der Waals surface area (Å²) in [5.41, 5.74) is 2.70. The molecular formula is C20H31IN4O2S. The third kappa shape index (κ3) is 6.18. The van der Waals surface area contributed by atoms with Crippen molar-refractivity contribution in [3.8, 4) is 0 Å². The second-order valence-electron chi connectivity index (χ2n) is 7.32. The first kappa shape index (κ1) is 23.2. The van der Waals surface area contributed by atoms with Gasteiger partial charge in [-0.15, -0.1) is 24.0 Å². The minimum absolute atomic E-state index is 0. The fourth-order valence-electron chi connectivity index (χ4n) is 3.79. The summed E-state index contributed by atoms with van der Waals surface area (Å²) >= 11 is 0. The van der Waals surface area contributed by atoms with Crippen LogP contribution in [0, 0.1) is 5.92 Å². The highest BCUT2D eigenvalue weighted by Crippen LogP contribution is 2.22. The number of rotatable bonds is 4. The number of nitrogens with one attached hydrogen (secondary N) is 1. The average molecular weight is 518 g/mol. The molecule has 156 valence electrons. The average Bonchev–Trinajstić information content (AvgIpc) is 2.69. The molecule has 0 spiro atoms. The first-order chi connectivity index (χ1) is 13.0. The molecule has 0 radical (unpaired) electrons. The fraction of sp³-hybridized carbons (Fsp3) is 0.550. The van der Waals surface area contributed by atoms with Crippen LogP contribution < -0.4 is 5.32 Å². The SMILES string of the molecule is CN=C(NCC1CCN(S(C)(=O)=O)CC1)N1CC=C(c2ccccc2)CC1.I. The normalized spacial score (nSPS) is 19.7. The van der Waals surface area contributed by atoms with Crippen LogP contribution in [-0.2, 0) is 10.0 Å². The maximum atomic E-state index is 11.6. The van der Waals surface area contributed by atoms with Crippen LogP contribution in [0.2, 0.25) is 0 Å². The van der Waals surface area contributed by atoms with Gasteiger partial charge < -0.3 is 10.2 Å². The van der Waals surface area contributed by atoms with Gasteiger partial charge in [-0.3, -0.25) is 4.99 Å². The maximum Gasteiger partial charge on any atom is 0.211 e. The van der Waals surface area contributed by atoms with Gasteiger partial charge >= 0.3 is 0 Å². The summed E-state index contributed by atoms with van der Waals surface area (Å²) in [7, 11) is -1.23. The number of sulfonamides is 1. The van der Waals surface area contributed by atoms with Gasteiger partial charge in [-0.25, -0.2) is 12.7 Å². The topological polar surface area (TPSA) is 65.0 Å². The van der Waals surface area contributed by atoms with E-state index >= 15 is 0 Å². The summed E-state index contributed by atoms with van der Waals surface area (Å²) < 4.78 is 24.8. The van der Waals surface area contributed by atoms with Crippen LogP contribution in [0.4, 0.5) is 0 Å². The van der Waals surface area contributed by atoms with E-state index in [4.69, 9.17) is 0 Å². The highest BCUT2D eigenvalue weighted by Gasteiger charge is 2.25. The number of aliphatic imine (C=N–C) groups is 1. The molecule has 2 aliphatic rings. The number of benzene rings is 1. The first-order valence-electron chi connectivity index (χ1n) is 9.62. The molecule has 0 bridgehead atoms. The zero-order valence-electron chi connectivity index (χ0n) is 16.7. The fourth-order valence-corrected chi connectivity index (χ4v) is 4.66. The van der Waals surface area contributed by atoms with Crippen molar-refractivity contribution in [1.29, 1.82) is 0 Å². The predicted molar refractivity (Wildman–Crippen MR) is 127 cm³/mol. The Hall–Kier alpha value is -1.13. The van der Waals surface area contributed by atoms with Gasteiger partial charge in [0.05, 0.1) is 6.26 Å². The Morgan fingerprint density at radius 2 is 1.86 bits per heavy atom. The van der Waals surface area contributed by atoms with Crippen molar-refractivity contribution in [3.05, 3.63) is 42.0 Å². The molecule has 0 aliphatic carbocycles. The molecule has 0 aromatic heterocycles. The van der Waals surface area contributed by atoms with Crippen LogP contribution in [-0.4, -0.2) is 69.6 Å². The minimum Gasteiger partial charge on any atom is -0.356 e. The predicted octanol–water partition coefficient (Wildman–Crippen LogP) is 2.64. The summed E-state index contributed by atoms with van der Waals surface area (Å²) in [6.07, 6.45) is 6.39. The van der Waals surface area contributed by atoms with Crippen LogP contribution in [0.25, 0.3) is 5.57 Å². The number of piperidine rings is 1. The Morgan fingerprint density at radius 1 is 1.18 bits per heavy atom. The molecule has 28 heavy (non-hydrogen) atoms. The van der Waals surface area contributed by atoms with E-state index in [2.05, 4.69) is 45.6 Å². The smallest absolute Gasteiger partial charge is 0.211 e. The third-order valence-electron chi connectivity index (χ3n) is 5.46. The maximum absolute atomic E-state index is 11.6. The molecule has 1 fully saturated rings. The third-order valence-corrected chi connectivity index (χ3v) is 6.76. The van der Waals surface area contributed by atoms with Crippen molar-refractivity contribution in [3.63, 3.8) is 0 Å². The van der Waals surface area contributed by atoms with Gasteiger partial charge in [-0.05, 0) is 36.3 Å². The summed E-state index contributed by atoms with van der Waals surface area (Å²) in [5, 5.41) is 3.50. The highest BCUT2D eigenvalue weighted by atomic mass is 127. The van der Waals surface area contributed by atoms with E-state index in [-0.39, 0.29) is 24.0 Å². The summed E-state index contributed by atoms with van der Waals surface area (Å²) in [5.74, 6) is 1.42. The molecule has 6 nitrogen and oxygen atoms in total. The quantitative estimate of drug-likeness (QED) is 0.378. The molecule has 2 heterocycles.